The Bertz CT molecular complexity index is 983. The summed E-state index contributed by atoms with van der Waals surface area (Å²) in [6.45, 7) is 7.67. The van der Waals surface area contributed by atoms with Crippen LogP contribution < -0.4 is 15.5 Å². The Balaban J connectivity index is 1.19. The Morgan fingerprint density at radius 2 is 1.79 bits per heavy atom. The molecule has 0 saturated carbocycles. The average Bonchev–Trinajstić information content (AvgIpc) is 3.25. The van der Waals surface area contributed by atoms with Crippen LogP contribution in [0.4, 0.5) is 10.1 Å². The van der Waals surface area contributed by atoms with E-state index in [2.05, 4.69) is 51.6 Å². The van der Waals surface area contributed by atoms with Crippen LogP contribution in [0.1, 0.15) is 40.7 Å². The van der Waals surface area contributed by atoms with Gasteiger partial charge in [0, 0.05) is 49.5 Å². The lowest BCUT2D eigenvalue weighted by Crippen LogP contribution is -2.46. The molecule has 6 nitrogen and oxygen atoms in total. The second kappa shape index (κ2) is 10.3. The smallest absolute Gasteiger partial charge is 0.251 e. The van der Waals surface area contributed by atoms with E-state index >= 15 is 0 Å². The number of halogens is 1. The first kappa shape index (κ1) is 23.2. The van der Waals surface area contributed by atoms with E-state index in [1.165, 1.54) is 23.4 Å². The normalized spacial score (nSPS) is 19.5. The van der Waals surface area contributed by atoms with Crippen molar-refractivity contribution in [2.45, 2.75) is 45.2 Å². The van der Waals surface area contributed by atoms with Gasteiger partial charge in [0.2, 0.25) is 5.91 Å². The van der Waals surface area contributed by atoms with Gasteiger partial charge in [-0.3, -0.25) is 14.5 Å². The minimum absolute atomic E-state index is 0.0978. The molecular weight excluding hydrogens is 419 g/mol. The quantitative estimate of drug-likeness (QED) is 0.707. The number of hydrogen-bond acceptors (Lipinski definition) is 4. The lowest BCUT2D eigenvalue weighted by atomic mass is 10.0. The third kappa shape index (κ3) is 6.11. The van der Waals surface area contributed by atoms with Crippen molar-refractivity contribution in [1.82, 2.24) is 15.5 Å². The van der Waals surface area contributed by atoms with E-state index in [0.717, 1.165) is 45.4 Å². The number of nitrogens with one attached hydrogen (secondary N) is 2. The fraction of sp³-hybridized carbons (Fsp3) is 0.462. The number of rotatable bonds is 6. The summed E-state index contributed by atoms with van der Waals surface area (Å²) >= 11 is 0. The number of carbonyl (C=O) groups excluding carboxylic acids is 2. The zero-order valence-electron chi connectivity index (χ0n) is 19.4. The summed E-state index contributed by atoms with van der Waals surface area (Å²) in [4.78, 5) is 29.5. The SMILES string of the molecule is Cc1cc(F)cc(C(=O)NCC(=O)N[C@@H]2CCN(C3CCN(c4cccc(C)c4)CC3)C2)c1. The van der Waals surface area contributed by atoms with Crippen molar-refractivity contribution in [2.24, 2.45) is 0 Å². The van der Waals surface area contributed by atoms with Crippen LogP contribution in [0.25, 0.3) is 0 Å². The standard InChI is InChI=1S/C26H33FN4O2/c1-18-4-3-5-24(14-18)30-10-7-23(8-11-30)31-9-6-22(17-31)29-25(32)16-28-26(33)20-12-19(2)13-21(27)15-20/h3-5,12-15,22-23H,6-11,16-17H2,1-2H3,(H,28,33)(H,29,32)/t22-/m1/s1. The van der Waals surface area contributed by atoms with Crippen molar-refractivity contribution >= 4 is 17.5 Å². The molecule has 33 heavy (non-hydrogen) atoms. The Morgan fingerprint density at radius 3 is 2.52 bits per heavy atom. The number of likely N-dealkylation sites (tertiary alicyclic amines) is 1. The summed E-state index contributed by atoms with van der Waals surface area (Å²) in [5, 5.41) is 5.63. The second-order valence-electron chi connectivity index (χ2n) is 9.31. The minimum Gasteiger partial charge on any atom is -0.371 e. The maximum Gasteiger partial charge on any atom is 0.251 e. The van der Waals surface area contributed by atoms with Crippen LogP contribution in [0.2, 0.25) is 0 Å². The van der Waals surface area contributed by atoms with E-state index in [0.29, 0.717) is 11.6 Å². The fourth-order valence-corrected chi connectivity index (χ4v) is 4.96. The number of aryl methyl sites for hydroxylation is 2. The maximum atomic E-state index is 13.5. The summed E-state index contributed by atoms with van der Waals surface area (Å²) in [5.41, 5.74) is 3.48. The maximum absolute atomic E-state index is 13.5. The topological polar surface area (TPSA) is 64.7 Å². The molecule has 0 spiro atoms. The van der Waals surface area contributed by atoms with Crippen LogP contribution in [0.15, 0.2) is 42.5 Å². The molecule has 2 amide bonds. The number of benzene rings is 2. The van der Waals surface area contributed by atoms with Crippen molar-refractivity contribution in [3.05, 3.63) is 65.0 Å². The fourth-order valence-electron chi connectivity index (χ4n) is 4.96. The van der Waals surface area contributed by atoms with Gasteiger partial charge in [0.1, 0.15) is 5.82 Å². The van der Waals surface area contributed by atoms with Crippen LogP contribution in [0.5, 0.6) is 0 Å². The molecule has 0 aliphatic carbocycles. The van der Waals surface area contributed by atoms with Crippen LogP contribution in [0, 0.1) is 19.7 Å². The van der Waals surface area contributed by atoms with Crippen molar-refractivity contribution in [2.75, 3.05) is 37.6 Å². The lowest BCUT2D eigenvalue weighted by Gasteiger charge is -2.38. The lowest BCUT2D eigenvalue weighted by molar-refractivity contribution is -0.120. The minimum atomic E-state index is -0.458. The first-order valence-electron chi connectivity index (χ1n) is 11.8. The Kier molecular flexibility index (Phi) is 7.28. The van der Waals surface area contributed by atoms with Gasteiger partial charge in [-0.05, 0) is 74.6 Å². The highest BCUT2D eigenvalue weighted by molar-refractivity contribution is 5.96. The molecule has 2 N–H and O–H groups in total. The van der Waals surface area contributed by atoms with Crippen LogP contribution in [0.3, 0.4) is 0 Å². The van der Waals surface area contributed by atoms with Gasteiger partial charge in [-0.2, -0.15) is 0 Å². The number of nitrogens with zero attached hydrogens (tertiary/aromatic N) is 2. The van der Waals surface area contributed by atoms with E-state index in [-0.39, 0.29) is 24.1 Å². The van der Waals surface area contributed by atoms with Crippen molar-refractivity contribution in [1.29, 1.82) is 0 Å². The molecule has 2 heterocycles. The van der Waals surface area contributed by atoms with Crippen molar-refractivity contribution in [3.8, 4) is 0 Å². The van der Waals surface area contributed by atoms with Gasteiger partial charge in [0.15, 0.2) is 0 Å². The molecule has 2 aliphatic rings. The van der Waals surface area contributed by atoms with Crippen molar-refractivity contribution in [3.63, 3.8) is 0 Å². The molecule has 1 atom stereocenters. The molecule has 176 valence electrons. The van der Waals surface area contributed by atoms with E-state index in [9.17, 15) is 14.0 Å². The molecule has 2 aliphatic heterocycles. The average molecular weight is 453 g/mol. The van der Waals surface area contributed by atoms with Crippen LogP contribution in [-0.4, -0.2) is 61.5 Å². The Morgan fingerprint density at radius 1 is 1.00 bits per heavy atom. The number of piperidine rings is 1. The van der Waals surface area contributed by atoms with Crippen LogP contribution in [-0.2, 0) is 4.79 Å². The largest absolute Gasteiger partial charge is 0.371 e. The monoisotopic (exact) mass is 452 g/mol. The van der Waals surface area contributed by atoms with E-state index in [1.807, 2.05) is 0 Å². The van der Waals surface area contributed by atoms with Gasteiger partial charge < -0.3 is 15.5 Å². The highest BCUT2D eigenvalue weighted by Crippen LogP contribution is 2.25. The molecule has 2 saturated heterocycles. The second-order valence-corrected chi connectivity index (χ2v) is 9.31. The molecule has 4 rings (SSSR count). The molecule has 2 aromatic carbocycles. The Hall–Kier alpha value is -2.93. The van der Waals surface area contributed by atoms with E-state index < -0.39 is 11.7 Å². The molecule has 0 unspecified atom stereocenters. The van der Waals surface area contributed by atoms with Gasteiger partial charge in [0.25, 0.3) is 5.91 Å². The highest BCUT2D eigenvalue weighted by atomic mass is 19.1. The first-order valence-corrected chi connectivity index (χ1v) is 11.8. The molecule has 7 heteroatoms. The van der Waals surface area contributed by atoms with E-state index in [4.69, 9.17) is 0 Å². The third-order valence-electron chi connectivity index (χ3n) is 6.65. The number of carbonyl (C=O) groups is 2. The van der Waals surface area contributed by atoms with Gasteiger partial charge in [-0.15, -0.1) is 0 Å². The summed E-state index contributed by atoms with van der Waals surface area (Å²) in [7, 11) is 0. The predicted molar refractivity (Wildman–Crippen MR) is 128 cm³/mol. The van der Waals surface area contributed by atoms with Crippen LogP contribution >= 0.6 is 0 Å². The van der Waals surface area contributed by atoms with Gasteiger partial charge >= 0.3 is 0 Å². The number of amides is 2. The number of anilines is 1. The molecule has 0 aromatic heterocycles. The molecule has 2 aromatic rings. The first-order chi connectivity index (χ1) is 15.9. The Labute approximate surface area is 195 Å². The predicted octanol–water partition coefficient (Wildman–Crippen LogP) is 3.03. The van der Waals surface area contributed by atoms with Crippen molar-refractivity contribution < 1.29 is 14.0 Å². The molecular formula is C26H33FN4O2. The molecule has 2 fully saturated rings. The summed E-state index contributed by atoms with van der Waals surface area (Å²) < 4.78 is 13.5. The zero-order chi connectivity index (χ0) is 23.4. The van der Waals surface area contributed by atoms with Gasteiger partial charge in [-0.25, -0.2) is 4.39 Å². The highest BCUT2D eigenvalue weighted by Gasteiger charge is 2.31. The van der Waals surface area contributed by atoms with E-state index in [1.54, 1.807) is 13.0 Å². The molecule has 0 bridgehead atoms. The van der Waals surface area contributed by atoms with Gasteiger partial charge in [-0.1, -0.05) is 12.1 Å². The molecule has 0 radical (unpaired) electrons. The third-order valence-corrected chi connectivity index (χ3v) is 6.65. The zero-order valence-corrected chi connectivity index (χ0v) is 19.4. The number of hydrogen-bond donors (Lipinski definition) is 2. The van der Waals surface area contributed by atoms with Gasteiger partial charge in [0.05, 0.1) is 6.54 Å². The summed E-state index contributed by atoms with van der Waals surface area (Å²) in [6, 6.07) is 13.5. The summed E-state index contributed by atoms with van der Waals surface area (Å²) in [5.74, 6) is -1.11. The summed E-state index contributed by atoms with van der Waals surface area (Å²) in [6.07, 6.45) is 3.16.